The highest BCUT2D eigenvalue weighted by molar-refractivity contribution is 5.77. The van der Waals surface area contributed by atoms with Crippen molar-refractivity contribution in [1.29, 1.82) is 0 Å². The maximum Gasteiger partial charge on any atom is 0.306 e. The summed E-state index contributed by atoms with van der Waals surface area (Å²) in [4.78, 5) is 23.3. The van der Waals surface area contributed by atoms with Crippen molar-refractivity contribution in [2.75, 3.05) is 26.4 Å². The van der Waals surface area contributed by atoms with Gasteiger partial charge in [-0.05, 0) is 27.7 Å². The molecule has 0 aromatic heterocycles. The lowest BCUT2D eigenvalue weighted by Crippen LogP contribution is -2.26. The molecular formula is C16H26O8. The molecule has 0 N–H and O–H groups in total. The highest BCUT2D eigenvalue weighted by atomic mass is 16.8. The molecule has 2 atom stereocenters. The molecule has 24 heavy (non-hydrogen) atoms. The zero-order valence-electron chi connectivity index (χ0n) is 14.7. The van der Waals surface area contributed by atoms with Gasteiger partial charge in [-0.3, -0.25) is 9.59 Å². The quantitative estimate of drug-likeness (QED) is 0.634. The first-order valence-corrected chi connectivity index (χ1v) is 8.10. The first-order valence-electron chi connectivity index (χ1n) is 8.10. The number of hydrogen-bond donors (Lipinski definition) is 0. The Morgan fingerprint density at radius 3 is 1.50 bits per heavy atom. The summed E-state index contributed by atoms with van der Waals surface area (Å²) < 4.78 is 31.9. The lowest BCUT2D eigenvalue weighted by molar-refractivity contribution is -0.162. The highest BCUT2D eigenvalue weighted by Crippen LogP contribution is 2.23. The molecule has 0 spiro atoms. The third-order valence-electron chi connectivity index (χ3n) is 3.53. The number of esters is 2. The molecule has 0 aliphatic carbocycles. The number of ether oxygens (including phenoxy) is 6. The van der Waals surface area contributed by atoms with Crippen molar-refractivity contribution in [3.8, 4) is 0 Å². The second-order valence-corrected chi connectivity index (χ2v) is 6.77. The molecule has 0 amide bonds. The van der Waals surface area contributed by atoms with Crippen LogP contribution in [-0.4, -0.2) is 62.1 Å². The summed E-state index contributed by atoms with van der Waals surface area (Å²) in [5, 5.41) is 0. The maximum atomic E-state index is 11.6. The predicted octanol–water partition coefficient (Wildman–Crippen LogP) is 1.16. The summed E-state index contributed by atoms with van der Waals surface area (Å²) in [6.45, 7) is 8.16. The van der Waals surface area contributed by atoms with E-state index in [9.17, 15) is 9.59 Å². The van der Waals surface area contributed by atoms with E-state index in [-0.39, 0.29) is 38.3 Å². The van der Waals surface area contributed by atoms with Crippen molar-refractivity contribution in [1.82, 2.24) is 0 Å². The second-order valence-electron chi connectivity index (χ2n) is 6.77. The van der Waals surface area contributed by atoms with Gasteiger partial charge >= 0.3 is 11.9 Å². The molecule has 2 saturated heterocycles. The standard InChI is InChI=1S/C16H26O8/c1-15(2)21-9-11(23-15)7-19-13(17)5-6-14(18)20-8-12-10-22-16(3,4)24-12/h11-12H,5-10H2,1-4H3. The van der Waals surface area contributed by atoms with Gasteiger partial charge in [0, 0.05) is 0 Å². The fraction of sp³-hybridized carbons (Fsp3) is 0.875. The Balaban J connectivity index is 1.54. The van der Waals surface area contributed by atoms with E-state index < -0.39 is 23.5 Å². The van der Waals surface area contributed by atoms with Gasteiger partial charge in [0.1, 0.15) is 25.4 Å². The Morgan fingerprint density at radius 1 is 0.833 bits per heavy atom. The summed E-state index contributed by atoms with van der Waals surface area (Å²) in [6.07, 6.45) is -0.635. The third kappa shape index (κ3) is 6.35. The van der Waals surface area contributed by atoms with E-state index in [1.54, 1.807) is 27.7 Å². The van der Waals surface area contributed by atoms with E-state index in [1.807, 2.05) is 0 Å². The van der Waals surface area contributed by atoms with Crippen molar-refractivity contribution < 1.29 is 38.0 Å². The van der Waals surface area contributed by atoms with Gasteiger partial charge in [0.25, 0.3) is 0 Å². The Kier molecular flexibility index (Phi) is 6.19. The molecule has 2 aliphatic rings. The van der Waals surface area contributed by atoms with Crippen LogP contribution in [0, 0.1) is 0 Å². The minimum absolute atomic E-state index is 0.0384. The Labute approximate surface area is 141 Å². The molecule has 0 bridgehead atoms. The first-order chi connectivity index (χ1) is 11.2. The van der Waals surface area contributed by atoms with E-state index >= 15 is 0 Å². The number of carbonyl (C=O) groups is 2. The Morgan fingerprint density at radius 2 is 1.21 bits per heavy atom. The highest BCUT2D eigenvalue weighted by Gasteiger charge is 2.34. The summed E-state index contributed by atoms with van der Waals surface area (Å²) >= 11 is 0. The summed E-state index contributed by atoms with van der Waals surface area (Å²) in [7, 11) is 0. The van der Waals surface area contributed by atoms with Gasteiger partial charge in [0.2, 0.25) is 0 Å². The molecule has 8 nitrogen and oxygen atoms in total. The van der Waals surface area contributed by atoms with Crippen LogP contribution in [0.15, 0.2) is 0 Å². The molecule has 0 radical (unpaired) electrons. The van der Waals surface area contributed by atoms with Crippen LogP contribution in [0.2, 0.25) is 0 Å². The van der Waals surface area contributed by atoms with Gasteiger partial charge in [-0.2, -0.15) is 0 Å². The third-order valence-corrected chi connectivity index (χ3v) is 3.53. The monoisotopic (exact) mass is 346 g/mol. The second kappa shape index (κ2) is 7.77. The van der Waals surface area contributed by atoms with E-state index in [0.29, 0.717) is 13.2 Å². The Bertz CT molecular complexity index is 417. The molecule has 0 aromatic rings. The normalized spacial score (nSPS) is 27.8. The van der Waals surface area contributed by atoms with Gasteiger partial charge in [-0.1, -0.05) is 0 Å². The van der Waals surface area contributed by atoms with Crippen LogP contribution in [-0.2, 0) is 38.0 Å². The van der Waals surface area contributed by atoms with Crippen molar-refractivity contribution in [2.45, 2.75) is 64.3 Å². The first kappa shape index (κ1) is 19.1. The summed E-state index contributed by atoms with van der Waals surface area (Å²) in [5.74, 6) is -2.24. The predicted molar refractivity (Wildman–Crippen MR) is 81.0 cm³/mol. The minimum atomic E-state index is -0.651. The van der Waals surface area contributed by atoms with Gasteiger partial charge in [-0.25, -0.2) is 0 Å². The average molecular weight is 346 g/mol. The van der Waals surface area contributed by atoms with E-state index in [2.05, 4.69) is 0 Å². The van der Waals surface area contributed by atoms with Crippen molar-refractivity contribution >= 4 is 11.9 Å². The van der Waals surface area contributed by atoms with Crippen molar-refractivity contribution in [3.63, 3.8) is 0 Å². The maximum absolute atomic E-state index is 11.6. The van der Waals surface area contributed by atoms with Crippen molar-refractivity contribution in [3.05, 3.63) is 0 Å². The van der Waals surface area contributed by atoms with Crippen LogP contribution in [0.25, 0.3) is 0 Å². The fourth-order valence-corrected chi connectivity index (χ4v) is 2.41. The molecular weight excluding hydrogens is 320 g/mol. The SMILES string of the molecule is CC1(C)OCC(COC(=O)CCC(=O)OCC2COC(C)(C)O2)O1. The van der Waals surface area contributed by atoms with Gasteiger partial charge < -0.3 is 28.4 Å². The van der Waals surface area contributed by atoms with Gasteiger partial charge in [0.05, 0.1) is 26.1 Å². The lowest BCUT2D eigenvalue weighted by Gasteiger charge is -2.17. The Hall–Kier alpha value is -1.22. The molecule has 2 fully saturated rings. The zero-order chi connectivity index (χ0) is 17.8. The molecule has 2 aliphatic heterocycles. The van der Waals surface area contributed by atoms with Crippen LogP contribution in [0.5, 0.6) is 0 Å². The van der Waals surface area contributed by atoms with Crippen molar-refractivity contribution in [2.24, 2.45) is 0 Å². The molecule has 2 rings (SSSR count). The van der Waals surface area contributed by atoms with E-state index in [1.165, 1.54) is 0 Å². The molecule has 0 saturated carbocycles. The molecule has 138 valence electrons. The number of rotatable bonds is 7. The largest absolute Gasteiger partial charge is 0.463 e. The summed E-state index contributed by atoms with van der Waals surface area (Å²) in [5.41, 5.74) is 0. The summed E-state index contributed by atoms with van der Waals surface area (Å²) in [6, 6.07) is 0. The minimum Gasteiger partial charge on any atom is -0.463 e. The average Bonchev–Trinajstić information content (AvgIpc) is 3.02. The van der Waals surface area contributed by atoms with E-state index in [4.69, 9.17) is 28.4 Å². The van der Waals surface area contributed by atoms with Crippen LogP contribution < -0.4 is 0 Å². The molecule has 0 aromatic carbocycles. The number of carbonyl (C=O) groups excluding carboxylic acids is 2. The van der Waals surface area contributed by atoms with Gasteiger partial charge in [-0.15, -0.1) is 0 Å². The van der Waals surface area contributed by atoms with Crippen LogP contribution in [0.3, 0.4) is 0 Å². The van der Waals surface area contributed by atoms with E-state index in [0.717, 1.165) is 0 Å². The molecule has 2 heterocycles. The zero-order valence-corrected chi connectivity index (χ0v) is 14.7. The molecule has 2 unspecified atom stereocenters. The fourth-order valence-electron chi connectivity index (χ4n) is 2.41. The van der Waals surface area contributed by atoms with Gasteiger partial charge in [0.15, 0.2) is 11.6 Å². The molecule has 8 heteroatoms. The van der Waals surface area contributed by atoms with Crippen LogP contribution >= 0.6 is 0 Å². The topological polar surface area (TPSA) is 89.5 Å². The van der Waals surface area contributed by atoms with Crippen LogP contribution in [0.4, 0.5) is 0 Å². The number of hydrogen-bond acceptors (Lipinski definition) is 8. The van der Waals surface area contributed by atoms with Crippen LogP contribution in [0.1, 0.15) is 40.5 Å². The lowest BCUT2D eigenvalue weighted by atomic mass is 10.3. The smallest absolute Gasteiger partial charge is 0.306 e.